The van der Waals surface area contributed by atoms with Crippen molar-refractivity contribution in [3.05, 3.63) is 34.7 Å². The number of amides is 1. The smallest absolute Gasteiger partial charge is 0.228 e. The second-order valence-corrected chi connectivity index (χ2v) is 8.14. The van der Waals surface area contributed by atoms with Crippen molar-refractivity contribution in [2.24, 2.45) is 11.8 Å². The molecular weight excluding hydrogens is 334 g/mol. The SMILES string of the molecule is Cc1nc(CC(=O)N2C[C@H]3CC[C@@H](N(C)c4cnccn4)[C@H]3C2)cs1. The molecule has 2 aromatic rings. The Morgan fingerprint density at radius 3 is 2.96 bits per heavy atom. The molecule has 1 aliphatic heterocycles. The van der Waals surface area contributed by atoms with E-state index in [0.29, 0.717) is 24.3 Å². The van der Waals surface area contributed by atoms with E-state index in [0.717, 1.165) is 36.0 Å². The van der Waals surface area contributed by atoms with Gasteiger partial charge in [0.15, 0.2) is 0 Å². The van der Waals surface area contributed by atoms with E-state index in [1.807, 2.05) is 23.4 Å². The normalized spacial score (nSPS) is 25.2. The number of fused-ring (bicyclic) bond motifs is 1. The van der Waals surface area contributed by atoms with Gasteiger partial charge in [0.1, 0.15) is 5.82 Å². The second-order valence-electron chi connectivity index (χ2n) is 7.08. The zero-order chi connectivity index (χ0) is 17.4. The molecule has 3 atom stereocenters. The fourth-order valence-corrected chi connectivity index (χ4v) is 4.93. The molecule has 0 aromatic carbocycles. The summed E-state index contributed by atoms with van der Waals surface area (Å²) < 4.78 is 0. The molecular formula is C18H23N5OS. The fraction of sp³-hybridized carbons (Fsp3) is 0.556. The molecule has 0 unspecified atom stereocenters. The Balaban J connectivity index is 1.41. The number of carbonyl (C=O) groups excluding carboxylic acids is 1. The summed E-state index contributed by atoms with van der Waals surface area (Å²) in [7, 11) is 2.10. The molecule has 132 valence electrons. The van der Waals surface area contributed by atoms with Crippen LogP contribution in [0.3, 0.4) is 0 Å². The largest absolute Gasteiger partial charge is 0.355 e. The Labute approximate surface area is 151 Å². The number of hydrogen-bond donors (Lipinski definition) is 0. The Morgan fingerprint density at radius 2 is 2.24 bits per heavy atom. The lowest BCUT2D eigenvalue weighted by atomic mass is 9.97. The number of aryl methyl sites for hydroxylation is 1. The summed E-state index contributed by atoms with van der Waals surface area (Å²) in [6.45, 7) is 3.71. The maximum atomic E-state index is 12.7. The van der Waals surface area contributed by atoms with Gasteiger partial charge in [-0.25, -0.2) is 9.97 Å². The molecule has 0 spiro atoms. The van der Waals surface area contributed by atoms with Crippen LogP contribution in [-0.2, 0) is 11.2 Å². The van der Waals surface area contributed by atoms with Crippen LogP contribution >= 0.6 is 11.3 Å². The minimum Gasteiger partial charge on any atom is -0.355 e. The number of anilines is 1. The van der Waals surface area contributed by atoms with Crippen molar-refractivity contribution in [1.29, 1.82) is 0 Å². The van der Waals surface area contributed by atoms with E-state index >= 15 is 0 Å². The Bertz CT molecular complexity index is 749. The van der Waals surface area contributed by atoms with Crippen molar-refractivity contribution in [3.63, 3.8) is 0 Å². The van der Waals surface area contributed by atoms with Crippen molar-refractivity contribution >= 4 is 23.1 Å². The first-order valence-corrected chi connectivity index (χ1v) is 9.67. The zero-order valence-corrected chi connectivity index (χ0v) is 15.4. The van der Waals surface area contributed by atoms with Gasteiger partial charge < -0.3 is 9.80 Å². The first-order chi connectivity index (χ1) is 12.1. The minimum atomic E-state index is 0.209. The third-order valence-electron chi connectivity index (χ3n) is 5.58. The van der Waals surface area contributed by atoms with Crippen molar-refractivity contribution < 1.29 is 4.79 Å². The predicted octanol–water partition coefficient (Wildman–Crippen LogP) is 2.16. The van der Waals surface area contributed by atoms with Gasteiger partial charge in [0.2, 0.25) is 5.91 Å². The predicted molar refractivity (Wildman–Crippen MR) is 97.6 cm³/mol. The molecule has 7 heteroatoms. The number of thiazole rings is 1. The standard InChI is InChI=1S/C18H23N5OS/c1-12-21-14(11-25-12)7-18(24)23-9-13-3-4-16(15(13)10-23)22(2)17-8-19-5-6-20-17/h5-6,8,11,13,15-16H,3-4,7,9-10H2,1-2H3/t13-,15+,16-/m1/s1. The molecule has 1 saturated carbocycles. The molecule has 2 aliphatic rings. The van der Waals surface area contributed by atoms with Crippen molar-refractivity contribution in [2.45, 2.75) is 32.2 Å². The highest BCUT2D eigenvalue weighted by molar-refractivity contribution is 7.09. The average molecular weight is 357 g/mol. The highest BCUT2D eigenvalue weighted by Gasteiger charge is 2.45. The Hall–Kier alpha value is -2.02. The van der Waals surface area contributed by atoms with E-state index in [1.54, 1.807) is 23.7 Å². The van der Waals surface area contributed by atoms with Gasteiger partial charge in [-0.2, -0.15) is 0 Å². The Kier molecular flexibility index (Phi) is 4.41. The van der Waals surface area contributed by atoms with Crippen LogP contribution < -0.4 is 4.90 Å². The molecule has 25 heavy (non-hydrogen) atoms. The lowest BCUT2D eigenvalue weighted by Gasteiger charge is -2.30. The van der Waals surface area contributed by atoms with Crippen LogP contribution in [0.25, 0.3) is 0 Å². The quantitative estimate of drug-likeness (QED) is 0.839. The van der Waals surface area contributed by atoms with E-state index in [1.165, 1.54) is 6.42 Å². The van der Waals surface area contributed by atoms with Crippen LogP contribution in [0, 0.1) is 18.8 Å². The van der Waals surface area contributed by atoms with Crippen molar-refractivity contribution in [1.82, 2.24) is 19.9 Å². The monoisotopic (exact) mass is 357 g/mol. The van der Waals surface area contributed by atoms with Gasteiger partial charge in [-0.1, -0.05) is 0 Å². The highest BCUT2D eigenvalue weighted by atomic mass is 32.1. The molecule has 2 fully saturated rings. The van der Waals surface area contributed by atoms with Gasteiger partial charge >= 0.3 is 0 Å². The summed E-state index contributed by atoms with van der Waals surface area (Å²) in [5.74, 6) is 2.25. The van der Waals surface area contributed by atoms with Gasteiger partial charge in [0.25, 0.3) is 0 Å². The van der Waals surface area contributed by atoms with Gasteiger partial charge in [0.05, 0.1) is 23.3 Å². The third-order valence-corrected chi connectivity index (χ3v) is 6.40. The summed E-state index contributed by atoms with van der Waals surface area (Å²) in [5, 5.41) is 3.01. The summed E-state index contributed by atoms with van der Waals surface area (Å²) in [5.41, 5.74) is 0.901. The van der Waals surface area contributed by atoms with E-state index in [-0.39, 0.29) is 5.91 Å². The lowest BCUT2D eigenvalue weighted by Crippen LogP contribution is -2.39. The van der Waals surface area contributed by atoms with Crippen molar-refractivity contribution in [3.8, 4) is 0 Å². The van der Waals surface area contributed by atoms with E-state index in [2.05, 4.69) is 26.9 Å². The molecule has 0 radical (unpaired) electrons. The molecule has 4 rings (SSSR count). The molecule has 0 bridgehead atoms. The molecule has 1 amide bonds. The second kappa shape index (κ2) is 6.71. The summed E-state index contributed by atoms with van der Waals surface area (Å²) in [4.78, 5) is 30.0. The maximum Gasteiger partial charge on any atom is 0.228 e. The number of likely N-dealkylation sites (tertiary alicyclic amines) is 1. The number of aromatic nitrogens is 3. The van der Waals surface area contributed by atoms with Gasteiger partial charge in [-0.15, -0.1) is 11.3 Å². The first kappa shape index (κ1) is 16.4. The maximum absolute atomic E-state index is 12.7. The molecule has 3 heterocycles. The van der Waals surface area contributed by atoms with Crippen LogP contribution in [0.4, 0.5) is 5.82 Å². The Morgan fingerprint density at radius 1 is 1.36 bits per heavy atom. The number of carbonyl (C=O) groups is 1. The molecule has 2 aromatic heterocycles. The van der Waals surface area contributed by atoms with Crippen LogP contribution in [0.2, 0.25) is 0 Å². The molecule has 6 nitrogen and oxygen atoms in total. The molecule has 1 saturated heterocycles. The van der Waals surface area contributed by atoms with E-state index in [9.17, 15) is 4.79 Å². The average Bonchev–Trinajstić information content (AvgIpc) is 3.30. The van der Waals surface area contributed by atoms with E-state index in [4.69, 9.17) is 0 Å². The highest BCUT2D eigenvalue weighted by Crippen LogP contribution is 2.41. The van der Waals surface area contributed by atoms with Gasteiger partial charge in [0, 0.05) is 49.9 Å². The van der Waals surface area contributed by atoms with Crippen LogP contribution in [0.15, 0.2) is 24.0 Å². The van der Waals surface area contributed by atoms with Gasteiger partial charge in [-0.3, -0.25) is 9.78 Å². The molecule has 0 N–H and O–H groups in total. The minimum absolute atomic E-state index is 0.209. The fourth-order valence-electron chi connectivity index (χ4n) is 4.32. The number of hydrogen-bond acceptors (Lipinski definition) is 6. The number of nitrogens with zero attached hydrogens (tertiary/aromatic N) is 5. The van der Waals surface area contributed by atoms with Crippen LogP contribution in [0.5, 0.6) is 0 Å². The summed E-state index contributed by atoms with van der Waals surface area (Å²) in [6.07, 6.45) is 8.02. The topological polar surface area (TPSA) is 62.2 Å². The summed E-state index contributed by atoms with van der Waals surface area (Å²) >= 11 is 1.61. The third kappa shape index (κ3) is 3.25. The first-order valence-electron chi connectivity index (χ1n) is 8.79. The van der Waals surface area contributed by atoms with E-state index < -0.39 is 0 Å². The summed E-state index contributed by atoms with van der Waals surface area (Å²) in [6, 6.07) is 0.431. The van der Waals surface area contributed by atoms with Crippen LogP contribution in [-0.4, -0.2) is 51.9 Å². The zero-order valence-electron chi connectivity index (χ0n) is 14.6. The number of rotatable bonds is 4. The van der Waals surface area contributed by atoms with Gasteiger partial charge in [-0.05, 0) is 25.7 Å². The lowest BCUT2D eigenvalue weighted by molar-refractivity contribution is -0.129. The molecule has 1 aliphatic carbocycles. The van der Waals surface area contributed by atoms with Crippen molar-refractivity contribution in [2.75, 3.05) is 25.0 Å². The van der Waals surface area contributed by atoms with Crippen LogP contribution in [0.1, 0.15) is 23.5 Å².